The van der Waals surface area contributed by atoms with Gasteiger partial charge < -0.3 is 10.1 Å². The first-order valence-electron chi connectivity index (χ1n) is 7.17. The maximum absolute atomic E-state index is 12.0. The van der Waals surface area contributed by atoms with Crippen molar-refractivity contribution < 1.29 is 14.5 Å². The second kappa shape index (κ2) is 6.77. The van der Waals surface area contributed by atoms with Gasteiger partial charge in [-0.05, 0) is 31.7 Å². The van der Waals surface area contributed by atoms with E-state index < -0.39 is 4.92 Å². The Kier molecular flexibility index (Phi) is 5.52. The molecule has 1 aromatic carbocycles. The van der Waals surface area contributed by atoms with Crippen LogP contribution in [0, 0.1) is 15.5 Å². The molecule has 122 valence electrons. The van der Waals surface area contributed by atoms with Crippen LogP contribution >= 0.6 is 0 Å². The maximum Gasteiger partial charge on any atom is 0.273 e. The summed E-state index contributed by atoms with van der Waals surface area (Å²) in [5.41, 5.74) is -0.315. The Balaban J connectivity index is 2.56. The van der Waals surface area contributed by atoms with Crippen molar-refractivity contribution >= 4 is 11.6 Å². The summed E-state index contributed by atoms with van der Waals surface area (Å²) in [5, 5.41) is 13.6. The van der Waals surface area contributed by atoms with Crippen LogP contribution in [0.2, 0.25) is 0 Å². The average molecular weight is 308 g/mol. The highest BCUT2D eigenvalue weighted by Gasteiger charge is 2.27. The molecular formula is C16H24N2O4. The van der Waals surface area contributed by atoms with Crippen LogP contribution in [0.25, 0.3) is 0 Å². The SMILES string of the molecule is CC(C)(C)CC(C)(C)NC(=O)COc1cccc([N+](=O)[O-])c1. The number of benzene rings is 1. The number of hydrogen-bond donors (Lipinski definition) is 1. The second-order valence-electron chi connectivity index (χ2n) is 7.21. The fraction of sp³-hybridized carbons (Fsp3) is 0.562. The highest BCUT2D eigenvalue weighted by Crippen LogP contribution is 2.26. The second-order valence-corrected chi connectivity index (χ2v) is 7.21. The van der Waals surface area contributed by atoms with E-state index in [0.717, 1.165) is 6.42 Å². The standard InChI is InChI=1S/C16H24N2O4/c1-15(2,3)11-16(4,5)17-14(19)10-22-13-8-6-7-12(9-13)18(20)21/h6-9H,10-11H2,1-5H3,(H,17,19). The third kappa shape index (κ3) is 6.56. The predicted octanol–water partition coefficient (Wildman–Crippen LogP) is 3.30. The molecule has 0 aromatic heterocycles. The predicted molar refractivity (Wildman–Crippen MR) is 84.9 cm³/mol. The molecule has 22 heavy (non-hydrogen) atoms. The van der Waals surface area contributed by atoms with Crippen molar-refractivity contribution in [1.29, 1.82) is 0 Å². The molecule has 0 saturated carbocycles. The summed E-state index contributed by atoms with van der Waals surface area (Å²) < 4.78 is 5.32. The number of carbonyl (C=O) groups excluding carboxylic acids is 1. The third-order valence-corrected chi connectivity index (χ3v) is 2.85. The highest BCUT2D eigenvalue weighted by molar-refractivity contribution is 5.78. The number of nitro groups is 1. The molecule has 0 aliphatic heterocycles. The first-order chi connectivity index (χ1) is 9.98. The van der Waals surface area contributed by atoms with Crippen LogP contribution in [0.1, 0.15) is 41.0 Å². The van der Waals surface area contributed by atoms with E-state index in [1.54, 1.807) is 6.07 Å². The van der Waals surface area contributed by atoms with Crippen molar-refractivity contribution in [3.8, 4) is 5.75 Å². The summed E-state index contributed by atoms with van der Waals surface area (Å²) in [6.07, 6.45) is 0.822. The Morgan fingerprint density at radius 2 is 1.91 bits per heavy atom. The average Bonchev–Trinajstić information content (AvgIpc) is 2.33. The first-order valence-corrected chi connectivity index (χ1v) is 7.17. The fourth-order valence-electron chi connectivity index (χ4n) is 2.62. The van der Waals surface area contributed by atoms with Crippen molar-refractivity contribution in [2.45, 2.75) is 46.6 Å². The Morgan fingerprint density at radius 3 is 2.45 bits per heavy atom. The van der Waals surface area contributed by atoms with Crippen molar-refractivity contribution in [1.82, 2.24) is 5.32 Å². The number of hydrogen-bond acceptors (Lipinski definition) is 4. The van der Waals surface area contributed by atoms with Crippen LogP contribution in [-0.4, -0.2) is 23.0 Å². The number of ether oxygens (including phenoxy) is 1. The van der Waals surface area contributed by atoms with Crippen LogP contribution in [-0.2, 0) is 4.79 Å². The molecule has 6 heteroatoms. The van der Waals surface area contributed by atoms with Gasteiger partial charge in [0.25, 0.3) is 11.6 Å². The lowest BCUT2D eigenvalue weighted by Crippen LogP contribution is -2.47. The minimum atomic E-state index is -0.501. The van der Waals surface area contributed by atoms with Gasteiger partial charge in [0.05, 0.1) is 11.0 Å². The minimum Gasteiger partial charge on any atom is -0.484 e. The lowest BCUT2D eigenvalue weighted by molar-refractivity contribution is -0.384. The smallest absolute Gasteiger partial charge is 0.273 e. The monoisotopic (exact) mass is 308 g/mol. The topological polar surface area (TPSA) is 81.5 Å². The van der Waals surface area contributed by atoms with Gasteiger partial charge in [-0.1, -0.05) is 26.8 Å². The fourth-order valence-corrected chi connectivity index (χ4v) is 2.62. The van der Waals surface area contributed by atoms with E-state index >= 15 is 0 Å². The van der Waals surface area contributed by atoms with Crippen LogP contribution in [0.3, 0.4) is 0 Å². The van der Waals surface area contributed by atoms with Gasteiger partial charge in [0.1, 0.15) is 5.75 Å². The van der Waals surface area contributed by atoms with Gasteiger partial charge >= 0.3 is 0 Å². The molecule has 0 spiro atoms. The third-order valence-electron chi connectivity index (χ3n) is 2.85. The number of rotatable bonds is 6. The molecule has 0 heterocycles. The zero-order valence-electron chi connectivity index (χ0n) is 13.8. The van der Waals surface area contributed by atoms with E-state index in [1.165, 1.54) is 18.2 Å². The largest absolute Gasteiger partial charge is 0.484 e. The molecule has 1 rings (SSSR count). The summed E-state index contributed by atoms with van der Waals surface area (Å²) in [6.45, 7) is 10.1. The van der Waals surface area contributed by atoms with Crippen molar-refractivity contribution in [2.24, 2.45) is 5.41 Å². The molecule has 0 atom stereocenters. The van der Waals surface area contributed by atoms with Gasteiger partial charge in [-0.3, -0.25) is 14.9 Å². The van der Waals surface area contributed by atoms with E-state index in [0.29, 0.717) is 5.75 Å². The number of non-ortho nitro benzene ring substituents is 1. The zero-order valence-corrected chi connectivity index (χ0v) is 13.8. The lowest BCUT2D eigenvalue weighted by Gasteiger charge is -2.33. The molecule has 0 aliphatic rings. The molecule has 0 aliphatic carbocycles. The van der Waals surface area contributed by atoms with Crippen molar-refractivity contribution in [3.05, 3.63) is 34.4 Å². The van der Waals surface area contributed by atoms with Crippen LogP contribution in [0.4, 0.5) is 5.69 Å². The molecule has 0 fully saturated rings. The molecule has 1 N–H and O–H groups in total. The summed E-state index contributed by atoms with van der Waals surface area (Å²) in [5.74, 6) is 0.0544. The van der Waals surface area contributed by atoms with Gasteiger partial charge in [-0.15, -0.1) is 0 Å². The highest BCUT2D eigenvalue weighted by atomic mass is 16.6. The van der Waals surface area contributed by atoms with E-state index in [1.807, 2.05) is 13.8 Å². The van der Waals surface area contributed by atoms with Gasteiger partial charge in [-0.25, -0.2) is 0 Å². The van der Waals surface area contributed by atoms with E-state index in [2.05, 4.69) is 26.1 Å². The molecule has 1 amide bonds. The van der Waals surface area contributed by atoms with Gasteiger partial charge in [0, 0.05) is 11.6 Å². The molecule has 1 aromatic rings. The van der Waals surface area contributed by atoms with E-state index in [4.69, 9.17) is 4.74 Å². The van der Waals surface area contributed by atoms with Crippen molar-refractivity contribution in [3.63, 3.8) is 0 Å². The summed E-state index contributed by atoms with van der Waals surface area (Å²) in [6, 6.07) is 5.78. The number of nitrogens with one attached hydrogen (secondary N) is 1. The zero-order chi connectivity index (χ0) is 17.0. The Labute approximate surface area is 131 Å². The summed E-state index contributed by atoms with van der Waals surface area (Å²) in [4.78, 5) is 22.1. The minimum absolute atomic E-state index is 0.0639. The molecular weight excluding hydrogens is 284 g/mol. The molecule has 0 bridgehead atoms. The first kappa shape index (κ1) is 17.9. The van der Waals surface area contributed by atoms with Gasteiger partial charge in [-0.2, -0.15) is 0 Å². The van der Waals surface area contributed by atoms with Crippen LogP contribution < -0.4 is 10.1 Å². The van der Waals surface area contributed by atoms with Crippen LogP contribution in [0.5, 0.6) is 5.75 Å². The van der Waals surface area contributed by atoms with E-state index in [9.17, 15) is 14.9 Å². The normalized spacial score (nSPS) is 11.9. The number of nitro benzene ring substituents is 1. The summed E-state index contributed by atoms with van der Waals surface area (Å²) in [7, 11) is 0. The van der Waals surface area contributed by atoms with Gasteiger partial charge in [0.15, 0.2) is 6.61 Å². The number of carbonyl (C=O) groups is 1. The van der Waals surface area contributed by atoms with Crippen LogP contribution in [0.15, 0.2) is 24.3 Å². The lowest BCUT2D eigenvalue weighted by atomic mass is 9.82. The van der Waals surface area contributed by atoms with Gasteiger partial charge in [0.2, 0.25) is 0 Å². The molecule has 6 nitrogen and oxygen atoms in total. The Bertz CT molecular complexity index is 547. The van der Waals surface area contributed by atoms with E-state index in [-0.39, 0.29) is 29.2 Å². The number of amides is 1. The van der Waals surface area contributed by atoms with Crippen molar-refractivity contribution in [2.75, 3.05) is 6.61 Å². The molecule has 0 radical (unpaired) electrons. The molecule has 0 unspecified atom stereocenters. The number of nitrogens with zero attached hydrogens (tertiary/aromatic N) is 1. The Morgan fingerprint density at radius 1 is 1.27 bits per heavy atom. The quantitative estimate of drug-likeness (QED) is 0.645. The molecule has 0 saturated heterocycles. The summed E-state index contributed by atoms with van der Waals surface area (Å²) >= 11 is 0. The maximum atomic E-state index is 12.0. The Hall–Kier alpha value is -2.11.